The number of carbonyl (C=O) groups is 2. The summed E-state index contributed by atoms with van der Waals surface area (Å²) in [7, 11) is 0. The highest BCUT2D eigenvalue weighted by atomic mass is 16.1. The average Bonchev–Trinajstić information content (AvgIpc) is 3.58. The van der Waals surface area contributed by atoms with Crippen LogP contribution in [-0.4, -0.2) is 41.9 Å². The van der Waals surface area contributed by atoms with E-state index in [9.17, 15) is 14.9 Å². The normalized spacial score (nSPS) is 24.8. The molecule has 7 N–H and O–H groups in total. The third-order valence-electron chi connectivity index (χ3n) is 8.49. The summed E-state index contributed by atoms with van der Waals surface area (Å²) in [5.41, 5.74) is 22.7. The molecule has 2 aliphatic carbocycles. The Morgan fingerprint density at radius 3 is 2.24 bits per heavy atom. The van der Waals surface area contributed by atoms with Gasteiger partial charge >= 0.3 is 0 Å². The third kappa shape index (κ3) is 4.23. The highest BCUT2D eigenvalue weighted by Crippen LogP contribution is 2.49. The Hall–Kier alpha value is -4.09. The van der Waals surface area contributed by atoms with Gasteiger partial charge in [0.15, 0.2) is 0 Å². The van der Waals surface area contributed by atoms with Gasteiger partial charge < -0.3 is 27.4 Å². The van der Waals surface area contributed by atoms with Crippen LogP contribution in [0, 0.1) is 17.2 Å². The van der Waals surface area contributed by atoms with Crippen molar-refractivity contribution in [2.45, 2.75) is 49.6 Å². The number of piperidine rings is 1. The molecule has 1 saturated carbocycles. The number of benzene rings is 2. The largest absolute Gasteiger partial charge is 0.399 e. The van der Waals surface area contributed by atoms with Crippen molar-refractivity contribution in [3.8, 4) is 6.07 Å². The summed E-state index contributed by atoms with van der Waals surface area (Å²) in [5, 5.41) is 13.0. The van der Waals surface area contributed by atoms with Crippen LogP contribution in [0.4, 0.5) is 0 Å². The molecule has 3 aliphatic rings. The van der Waals surface area contributed by atoms with Crippen molar-refractivity contribution in [2.24, 2.45) is 23.1 Å². The summed E-state index contributed by atoms with van der Waals surface area (Å²) < 4.78 is 0. The average molecular weight is 511 g/mol. The number of aryl methyl sites for hydroxylation is 2. The minimum Gasteiger partial charge on any atom is -0.399 e. The van der Waals surface area contributed by atoms with Gasteiger partial charge in [0.2, 0.25) is 11.8 Å². The Kier molecular flexibility index (Phi) is 6.49. The maximum atomic E-state index is 13.5. The van der Waals surface area contributed by atoms with Crippen LogP contribution in [-0.2, 0) is 23.1 Å². The zero-order valence-corrected chi connectivity index (χ0v) is 21.5. The van der Waals surface area contributed by atoms with E-state index in [1.165, 1.54) is 0 Å². The van der Waals surface area contributed by atoms with E-state index in [2.05, 4.69) is 29.4 Å². The fourth-order valence-corrected chi connectivity index (χ4v) is 6.49. The van der Waals surface area contributed by atoms with E-state index in [0.29, 0.717) is 55.6 Å². The minimum absolute atomic E-state index is 0.114. The van der Waals surface area contributed by atoms with E-state index < -0.39 is 17.2 Å². The van der Waals surface area contributed by atoms with Crippen LogP contribution in [0.15, 0.2) is 55.3 Å². The van der Waals surface area contributed by atoms with Gasteiger partial charge in [0.25, 0.3) is 0 Å². The lowest BCUT2D eigenvalue weighted by atomic mass is 9.69. The van der Waals surface area contributed by atoms with Crippen LogP contribution in [0.3, 0.4) is 0 Å². The van der Waals surface area contributed by atoms with Gasteiger partial charge in [0, 0.05) is 29.5 Å². The van der Waals surface area contributed by atoms with E-state index in [1.807, 2.05) is 24.3 Å². The lowest BCUT2D eigenvalue weighted by Gasteiger charge is -2.34. The number of nitriles is 1. The van der Waals surface area contributed by atoms with Gasteiger partial charge in [-0.2, -0.15) is 5.26 Å². The first kappa shape index (κ1) is 25.6. The number of fused-ring (bicyclic) bond motifs is 3. The zero-order chi connectivity index (χ0) is 27.2. The van der Waals surface area contributed by atoms with Gasteiger partial charge in [0.05, 0.1) is 6.07 Å². The maximum absolute atomic E-state index is 13.5. The fourth-order valence-electron chi connectivity index (χ4n) is 6.49. The third-order valence-corrected chi connectivity index (χ3v) is 8.49. The van der Waals surface area contributed by atoms with Crippen molar-refractivity contribution >= 4 is 17.5 Å². The van der Waals surface area contributed by atoms with Gasteiger partial charge in [-0.1, -0.05) is 31.4 Å². The lowest BCUT2D eigenvalue weighted by Crippen LogP contribution is -2.45. The molecular weight excluding hydrogens is 476 g/mol. The predicted molar refractivity (Wildman–Crippen MR) is 146 cm³/mol. The summed E-state index contributed by atoms with van der Waals surface area (Å²) in [6, 6.07) is 13.8. The number of hydrogen-bond donors (Lipinski definition) is 4. The van der Waals surface area contributed by atoms with E-state index >= 15 is 0 Å². The molecule has 0 aromatic heterocycles. The molecule has 4 atom stereocenters. The quantitative estimate of drug-likeness (QED) is 0.379. The number of amides is 2. The first-order valence-electron chi connectivity index (χ1n) is 13.0. The Balaban J connectivity index is 1.46. The molecule has 8 heteroatoms. The van der Waals surface area contributed by atoms with E-state index in [-0.39, 0.29) is 6.04 Å². The van der Waals surface area contributed by atoms with Crippen LogP contribution in [0.25, 0.3) is 5.70 Å². The van der Waals surface area contributed by atoms with Gasteiger partial charge in [-0.15, -0.1) is 0 Å². The molecular formula is C30H34N6O2. The van der Waals surface area contributed by atoms with Crippen LogP contribution < -0.4 is 22.5 Å². The summed E-state index contributed by atoms with van der Waals surface area (Å²) >= 11 is 0. The molecule has 0 spiro atoms. The van der Waals surface area contributed by atoms with Crippen LogP contribution in [0.2, 0.25) is 0 Å². The Morgan fingerprint density at radius 1 is 1.03 bits per heavy atom. The predicted octanol–water partition coefficient (Wildman–Crippen LogP) is 2.06. The number of hydrogen-bond acceptors (Lipinski definition) is 6. The minimum atomic E-state index is -1.12. The molecule has 0 radical (unpaired) electrons. The lowest BCUT2D eigenvalue weighted by molar-refractivity contribution is -0.122. The smallest absolute Gasteiger partial charge is 0.248 e. The Labute approximate surface area is 223 Å². The SMILES string of the molecule is C=C(N)c1ccc2c(c1)CCc1cc(C(N)=O)ccc1C2(CCNCC(=C)N1C(C#N)C[C@@H]2C[C@@H]21)C(N)=O. The van der Waals surface area contributed by atoms with Gasteiger partial charge in [-0.25, -0.2) is 0 Å². The van der Waals surface area contributed by atoms with Crippen molar-refractivity contribution in [3.63, 3.8) is 0 Å². The monoisotopic (exact) mass is 510 g/mol. The number of primary amides is 2. The van der Waals surface area contributed by atoms with E-state index in [1.54, 1.807) is 12.1 Å². The molecule has 0 bridgehead atoms. The number of nitrogens with zero attached hydrogens (tertiary/aromatic N) is 2. The second-order valence-corrected chi connectivity index (χ2v) is 10.7. The van der Waals surface area contributed by atoms with Crippen molar-refractivity contribution in [2.75, 3.05) is 13.1 Å². The number of nitrogens with one attached hydrogen (secondary N) is 1. The summed E-state index contributed by atoms with van der Waals surface area (Å²) in [6.45, 7) is 9.11. The van der Waals surface area contributed by atoms with Crippen LogP contribution in [0.5, 0.6) is 0 Å². The molecule has 2 aromatic carbocycles. The summed E-state index contributed by atoms with van der Waals surface area (Å²) in [5.74, 6) is -0.372. The first-order chi connectivity index (χ1) is 18.2. The van der Waals surface area contributed by atoms with Crippen molar-refractivity contribution < 1.29 is 9.59 Å². The number of carbonyl (C=O) groups excluding carboxylic acids is 2. The molecule has 1 heterocycles. The molecule has 1 saturated heterocycles. The van der Waals surface area contributed by atoms with Crippen molar-refractivity contribution in [1.82, 2.24) is 10.2 Å². The molecule has 2 amide bonds. The van der Waals surface area contributed by atoms with E-state index in [0.717, 1.165) is 46.4 Å². The second kappa shape index (κ2) is 9.66. The Bertz CT molecular complexity index is 1320. The molecule has 196 valence electrons. The topological polar surface area (TPSA) is 151 Å². The fraction of sp³-hybridized carbons (Fsp3) is 0.367. The first-order valence-corrected chi connectivity index (χ1v) is 13.0. The second-order valence-electron chi connectivity index (χ2n) is 10.7. The van der Waals surface area contributed by atoms with E-state index in [4.69, 9.17) is 17.2 Å². The van der Waals surface area contributed by atoms with Gasteiger partial charge in [-0.05, 0) is 90.6 Å². The highest BCUT2D eigenvalue weighted by Gasteiger charge is 2.52. The Morgan fingerprint density at radius 2 is 1.66 bits per heavy atom. The summed E-state index contributed by atoms with van der Waals surface area (Å²) in [4.78, 5) is 27.5. The van der Waals surface area contributed by atoms with Gasteiger partial charge in [0.1, 0.15) is 11.5 Å². The molecule has 2 aromatic rings. The number of nitrogens with two attached hydrogens (primary N) is 3. The summed E-state index contributed by atoms with van der Waals surface area (Å²) in [6.07, 6.45) is 3.71. The van der Waals surface area contributed by atoms with Crippen molar-refractivity contribution in [1.29, 1.82) is 5.26 Å². The number of likely N-dealkylation sites (tertiary alicyclic amines) is 1. The number of rotatable bonds is 9. The van der Waals surface area contributed by atoms with Crippen LogP contribution >= 0.6 is 0 Å². The molecule has 2 unspecified atom stereocenters. The highest BCUT2D eigenvalue weighted by molar-refractivity contribution is 5.95. The zero-order valence-electron chi connectivity index (χ0n) is 21.5. The standard InChI is InChI=1S/C30H34N6O2/c1-17(36-24(15-31)13-23-14-27(23)36)16-35-10-9-30(29(34)38)25-7-5-19(18(2)32)11-20(25)3-4-21-12-22(28(33)37)6-8-26(21)30/h5-8,11-12,23-24,27,35H,1-4,9-10,13-14,16,32H2,(H2,33,37)(H2,34,38)/t23-,24?,27+,30?/m1/s1. The van der Waals surface area contributed by atoms with Crippen LogP contribution in [0.1, 0.15) is 57.4 Å². The molecule has 38 heavy (non-hydrogen) atoms. The van der Waals surface area contributed by atoms with Gasteiger partial charge in [-0.3, -0.25) is 9.59 Å². The molecule has 2 fully saturated rings. The molecule has 8 nitrogen and oxygen atoms in total. The molecule has 1 aliphatic heterocycles. The van der Waals surface area contributed by atoms with Crippen molar-refractivity contribution in [3.05, 3.63) is 88.6 Å². The molecule has 5 rings (SSSR count). The maximum Gasteiger partial charge on any atom is 0.248 e.